The fraction of sp³-hybridized carbons (Fsp3) is 0.114. The van der Waals surface area contributed by atoms with E-state index in [0.29, 0.717) is 33.0 Å². The monoisotopic (exact) mass is 728 g/mol. The Bertz CT molecular complexity index is 2040. The zero-order valence-corrected chi connectivity index (χ0v) is 27.6. The summed E-state index contributed by atoms with van der Waals surface area (Å²) in [5.41, 5.74) is 4.04. The van der Waals surface area contributed by atoms with Gasteiger partial charge < -0.3 is 9.47 Å². The number of aromatic nitrogens is 1. The molecule has 0 spiro atoms. The molecule has 5 aromatic rings. The van der Waals surface area contributed by atoms with Gasteiger partial charge in [0.25, 0.3) is 5.56 Å². The minimum atomic E-state index is -0.704. The van der Waals surface area contributed by atoms with E-state index in [2.05, 4.69) is 31.9 Å². The molecule has 44 heavy (non-hydrogen) atoms. The molecule has 6 nitrogen and oxygen atoms in total. The van der Waals surface area contributed by atoms with Gasteiger partial charge in [-0.3, -0.25) is 9.36 Å². The quantitative estimate of drug-likeness (QED) is 0.161. The second kappa shape index (κ2) is 13.3. The van der Waals surface area contributed by atoms with Gasteiger partial charge in [-0.05, 0) is 69.9 Å². The number of esters is 1. The van der Waals surface area contributed by atoms with Gasteiger partial charge in [-0.15, -0.1) is 0 Å². The standard InChI is InChI=1S/C35H26Br2N2O4S/c1-2-42-34(41)30-31(24-9-5-3-6-10-24)38-35-39(32(30)25-11-7-4-8-12-25)33(40)29(44-35)20-23-15-18-28(27(37)19-23)43-21-22-13-16-26(36)17-14-22/h3-20,32H,2,21H2,1H3/b29-20-/t32-/m1/s1. The number of thiazole rings is 1. The minimum Gasteiger partial charge on any atom is -0.488 e. The minimum absolute atomic E-state index is 0.202. The Morgan fingerprint density at radius 2 is 1.66 bits per heavy atom. The Hall–Kier alpha value is -4.05. The van der Waals surface area contributed by atoms with Crippen LogP contribution in [0.5, 0.6) is 5.75 Å². The number of halogens is 2. The van der Waals surface area contributed by atoms with Crippen molar-refractivity contribution in [2.24, 2.45) is 4.99 Å². The van der Waals surface area contributed by atoms with Crippen molar-refractivity contribution in [3.63, 3.8) is 0 Å². The summed E-state index contributed by atoms with van der Waals surface area (Å²) in [5, 5.41) is 0. The van der Waals surface area contributed by atoms with Crippen LogP contribution in [0.4, 0.5) is 0 Å². The maximum absolute atomic E-state index is 14.1. The lowest BCUT2D eigenvalue weighted by Crippen LogP contribution is -2.39. The van der Waals surface area contributed by atoms with E-state index in [9.17, 15) is 9.59 Å². The van der Waals surface area contributed by atoms with Gasteiger partial charge in [-0.2, -0.15) is 0 Å². The molecule has 4 aromatic carbocycles. The first-order valence-corrected chi connectivity index (χ1v) is 16.3. The van der Waals surface area contributed by atoms with Crippen molar-refractivity contribution >= 4 is 60.9 Å². The lowest BCUT2D eigenvalue weighted by Gasteiger charge is -2.25. The Balaban J connectivity index is 1.44. The topological polar surface area (TPSA) is 69.9 Å². The maximum Gasteiger partial charge on any atom is 0.338 e. The summed E-state index contributed by atoms with van der Waals surface area (Å²) in [6, 6.07) is 32.0. The van der Waals surface area contributed by atoms with Gasteiger partial charge in [-0.1, -0.05) is 106 Å². The van der Waals surface area contributed by atoms with Crippen molar-refractivity contribution < 1.29 is 14.3 Å². The maximum atomic E-state index is 14.1. The molecule has 1 aromatic heterocycles. The second-order valence-corrected chi connectivity index (χ2v) is 12.7. The molecule has 2 heterocycles. The molecule has 0 saturated carbocycles. The first-order chi connectivity index (χ1) is 21.4. The molecular weight excluding hydrogens is 704 g/mol. The summed E-state index contributed by atoms with van der Waals surface area (Å²) in [5.74, 6) is 0.197. The van der Waals surface area contributed by atoms with E-state index in [1.807, 2.05) is 109 Å². The van der Waals surface area contributed by atoms with Gasteiger partial charge in [0.1, 0.15) is 12.4 Å². The molecule has 6 rings (SSSR count). The van der Waals surface area contributed by atoms with E-state index in [-0.39, 0.29) is 12.2 Å². The van der Waals surface area contributed by atoms with Crippen molar-refractivity contribution in [1.29, 1.82) is 0 Å². The summed E-state index contributed by atoms with van der Waals surface area (Å²) in [6.45, 7) is 2.40. The number of nitrogens with zero attached hydrogens (tertiary/aromatic N) is 2. The number of hydrogen-bond donors (Lipinski definition) is 0. The van der Waals surface area contributed by atoms with Gasteiger partial charge in [0.15, 0.2) is 4.80 Å². The van der Waals surface area contributed by atoms with E-state index >= 15 is 0 Å². The Morgan fingerprint density at radius 3 is 2.34 bits per heavy atom. The summed E-state index contributed by atoms with van der Waals surface area (Å²) in [7, 11) is 0. The molecule has 0 unspecified atom stereocenters. The van der Waals surface area contributed by atoms with Crippen LogP contribution in [0.2, 0.25) is 0 Å². The third kappa shape index (κ3) is 6.26. The Labute approximate surface area is 274 Å². The zero-order valence-electron chi connectivity index (χ0n) is 23.6. The summed E-state index contributed by atoms with van der Waals surface area (Å²) >= 11 is 8.37. The fourth-order valence-electron chi connectivity index (χ4n) is 5.01. The third-order valence-corrected chi connectivity index (χ3v) is 9.18. The molecule has 1 aliphatic rings. The highest BCUT2D eigenvalue weighted by Gasteiger charge is 2.35. The largest absolute Gasteiger partial charge is 0.488 e. The van der Waals surface area contributed by atoms with Crippen molar-refractivity contribution in [3.05, 3.63) is 160 Å². The highest BCUT2D eigenvalue weighted by Crippen LogP contribution is 2.35. The molecule has 0 bridgehead atoms. The summed E-state index contributed by atoms with van der Waals surface area (Å²) < 4.78 is 15.4. The van der Waals surface area contributed by atoms with Gasteiger partial charge >= 0.3 is 5.97 Å². The van der Waals surface area contributed by atoms with Crippen LogP contribution in [0.25, 0.3) is 11.8 Å². The first kappa shape index (κ1) is 30.0. The highest BCUT2D eigenvalue weighted by molar-refractivity contribution is 9.10. The average Bonchev–Trinajstić information content (AvgIpc) is 3.35. The third-order valence-electron chi connectivity index (χ3n) is 7.05. The van der Waals surface area contributed by atoms with Crippen LogP contribution >= 0.6 is 43.2 Å². The van der Waals surface area contributed by atoms with Gasteiger partial charge in [0.05, 0.1) is 32.9 Å². The number of carbonyl (C=O) groups excluding carboxylic acids is 1. The zero-order chi connectivity index (χ0) is 30.6. The van der Waals surface area contributed by atoms with Gasteiger partial charge in [0, 0.05) is 10.0 Å². The van der Waals surface area contributed by atoms with Crippen LogP contribution in [-0.2, 0) is 16.1 Å². The SMILES string of the molecule is CCOC(=O)C1=C(c2ccccc2)N=c2s/c(=C\c3ccc(OCc4ccc(Br)cc4)c(Br)c3)c(=O)n2[C@@H]1c1ccccc1. The van der Waals surface area contributed by atoms with Crippen LogP contribution in [-0.4, -0.2) is 17.1 Å². The average molecular weight is 730 g/mol. The van der Waals surface area contributed by atoms with Crippen LogP contribution in [0.3, 0.4) is 0 Å². The van der Waals surface area contributed by atoms with Gasteiger partial charge in [0.2, 0.25) is 0 Å². The highest BCUT2D eigenvalue weighted by atomic mass is 79.9. The summed E-state index contributed by atoms with van der Waals surface area (Å²) in [6.07, 6.45) is 1.84. The van der Waals surface area contributed by atoms with E-state index in [4.69, 9.17) is 14.5 Å². The number of ether oxygens (including phenoxy) is 2. The predicted octanol–water partition coefficient (Wildman–Crippen LogP) is 7.04. The molecule has 0 radical (unpaired) electrons. The van der Waals surface area contributed by atoms with E-state index < -0.39 is 12.0 Å². The number of rotatable bonds is 8. The lowest BCUT2D eigenvalue weighted by molar-refractivity contribution is -0.138. The van der Waals surface area contributed by atoms with Crippen molar-refractivity contribution in [2.75, 3.05) is 6.61 Å². The van der Waals surface area contributed by atoms with Crippen LogP contribution < -0.4 is 19.6 Å². The number of hydrogen-bond acceptors (Lipinski definition) is 6. The first-order valence-electron chi connectivity index (χ1n) is 13.9. The molecular formula is C35H26Br2N2O4S. The Kier molecular flexibility index (Phi) is 9.07. The van der Waals surface area contributed by atoms with Crippen LogP contribution in [0.15, 0.2) is 127 Å². The molecule has 220 valence electrons. The normalized spacial score (nSPS) is 14.6. The second-order valence-electron chi connectivity index (χ2n) is 9.95. The molecule has 0 amide bonds. The van der Waals surface area contributed by atoms with Crippen LogP contribution in [0, 0.1) is 0 Å². The van der Waals surface area contributed by atoms with E-state index in [0.717, 1.165) is 31.2 Å². The van der Waals surface area contributed by atoms with E-state index in [1.54, 1.807) is 11.5 Å². The molecule has 0 N–H and O–H groups in total. The van der Waals surface area contributed by atoms with Crippen molar-refractivity contribution in [2.45, 2.75) is 19.6 Å². The fourth-order valence-corrected chi connectivity index (χ4v) is 6.78. The number of carbonyl (C=O) groups is 1. The molecule has 1 aliphatic heterocycles. The molecule has 9 heteroatoms. The lowest BCUT2D eigenvalue weighted by atomic mass is 9.93. The number of fused-ring (bicyclic) bond motifs is 1. The van der Waals surface area contributed by atoms with Gasteiger partial charge in [-0.25, -0.2) is 9.79 Å². The van der Waals surface area contributed by atoms with Crippen LogP contribution in [0.1, 0.15) is 35.2 Å². The molecule has 1 atom stereocenters. The Morgan fingerprint density at radius 1 is 0.955 bits per heavy atom. The summed E-state index contributed by atoms with van der Waals surface area (Å²) in [4.78, 5) is 33.0. The molecule has 0 aliphatic carbocycles. The smallest absolute Gasteiger partial charge is 0.338 e. The molecule has 0 saturated heterocycles. The van der Waals surface area contributed by atoms with E-state index in [1.165, 1.54) is 11.3 Å². The van der Waals surface area contributed by atoms with Crippen molar-refractivity contribution in [3.8, 4) is 5.75 Å². The predicted molar refractivity (Wildman–Crippen MR) is 180 cm³/mol. The van der Waals surface area contributed by atoms with Crippen molar-refractivity contribution in [1.82, 2.24) is 4.57 Å². The number of benzene rings is 4. The molecule has 0 fully saturated rings.